The molecule has 0 saturated carbocycles. The number of hydrogen-bond acceptors (Lipinski definition) is 3. The Labute approximate surface area is 63.5 Å². The van der Waals surface area contributed by atoms with Crippen molar-refractivity contribution in [1.82, 2.24) is 0 Å². The monoisotopic (exact) mass is 159 g/mol. The number of allylic oxidation sites excluding steroid dienone is 1. The number of nitrogens with zero attached hydrogens (tertiary/aromatic N) is 1. The fraction of sp³-hybridized carbons (Fsp3) is 0.500. The molecular weight excluding hydrogens is 150 g/mol. The van der Waals surface area contributed by atoms with Gasteiger partial charge < -0.3 is 5.11 Å². The van der Waals surface area contributed by atoms with Crippen molar-refractivity contribution in [2.24, 2.45) is 0 Å². The molecule has 0 aliphatic carbocycles. The Morgan fingerprint density at radius 2 is 2.27 bits per heavy atom. The van der Waals surface area contributed by atoms with E-state index >= 15 is 0 Å². The van der Waals surface area contributed by atoms with Crippen molar-refractivity contribution in [1.29, 1.82) is 0 Å². The second-order valence-electron chi connectivity index (χ2n) is 1.96. The largest absolute Gasteiger partial charge is 0.481 e. The van der Waals surface area contributed by atoms with Gasteiger partial charge in [-0.2, -0.15) is 0 Å². The third-order valence-corrected chi connectivity index (χ3v) is 0.989. The quantitative estimate of drug-likeness (QED) is 0.369. The van der Waals surface area contributed by atoms with Gasteiger partial charge in [-0.1, -0.05) is 0 Å². The van der Waals surface area contributed by atoms with Crippen LogP contribution in [-0.2, 0) is 4.79 Å². The van der Waals surface area contributed by atoms with Gasteiger partial charge in [0.05, 0.1) is 4.92 Å². The maximum Gasteiger partial charge on any atom is 0.303 e. The summed E-state index contributed by atoms with van der Waals surface area (Å²) in [5, 5.41) is 17.9. The van der Waals surface area contributed by atoms with Gasteiger partial charge in [-0.05, 0) is 18.9 Å². The first kappa shape index (κ1) is 9.61. The molecule has 0 bridgehead atoms. The van der Waals surface area contributed by atoms with Crippen LogP contribution in [0.15, 0.2) is 12.3 Å². The minimum absolute atomic E-state index is 0.0576. The molecule has 0 rings (SSSR count). The van der Waals surface area contributed by atoms with Gasteiger partial charge in [0.15, 0.2) is 0 Å². The van der Waals surface area contributed by atoms with Gasteiger partial charge >= 0.3 is 5.97 Å². The molecule has 0 atom stereocenters. The maximum atomic E-state index is 9.94. The van der Waals surface area contributed by atoms with Crippen molar-refractivity contribution >= 4 is 5.97 Å². The number of carboxylic acid groups (broad SMARTS) is 1. The van der Waals surface area contributed by atoms with Crippen LogP contribution >= 0.6 is 0 Å². The van der Waals surface area contributed by atoms with E-state index in [2.05, 4.69) is 0 Å². The summed E-state index contributed by atoms with van der Waals surface area (Å²) < 4.78 is 0. The topological polar surface area (TPSA) is 80.4 Å². The van der Waals surface area contributed by atoms with Crippen LogP contribution < -0.4 is 0 Å². The first-order valence-corrected chi connectivity index (χ1v) is 3.15. The summed E-state index contributed by atoms with van der Waals surface area (Å²) >= 11 is 0. The Morgan fingerprint density at radius 1 is 1.64 bits per heavy atom. The highest BCUT2D eigenvalue weighted by Crippen LogP contribution is 1.95. The highest BCUT2D eigenvalue weighted by molar-refractivity contribution is 5.66. The SMILES string of the molecule is O=C(O)CCCC=C[N+](=O)[O-]. The second kappa shape index (κ2) is 5.40. The van der Waals surface area contributed by atoms with Gasteiger partial charge in [0.25, 0.3) is 0 Å². The molecule has 0 unspecified atom stereocenters. The summed E-state index contributed by atoms with van der Waals surface area (Å²) in [4.78, 5) is 19.1. The lowest BCUT2D eigenvalue weighted by molar-refractivity contribution is -0.402. The van der Waals surface area contributed by atoms with Crippen molar-refractivity contribution in [3.63, 3.8) is 0 Å². The number of aliphatic carboxylic acids is 1. The molecular formula is C6H9NO4. The van der Waals surface area contributed by atoms with E-state index in [-0.39, 0.29) is 6.42 Å². The predicted molar refractivity (Wildman–Crippen MR) is 37.6 cm³/mol. The fourth-order valence-corrected chi connectivity index (χ4v) is 0.532. The van der Waals surface area contributed by atoms with Crippen LogP contribution in [0.1, 0.15) is 19.3 Å². The molecule has 0 aromatic heterocycles. The highest BCUT2D eigenvalue weighted by Gasteiger charge is 1.94. The van der Waals surface area contributed by atoms with Crippen molar-refractivity contribution in [3.8, 4) is 0 Å². The van der Waals surface area contributed by atoms with E-state index in [1.165, 1.54) is 6.08 Å². The smallest absolute Gasteiger partial charge is 0.303 e. The molecule has 5 heteroatoms. The zero-order valence-electron chi connectivity index (χ0n) is 5.90. The molecule has 0 spiro atoms. The maximum absolute atomic E-state index is 9.94. The number of carbonyl (C=O) groups is 1. The van der Waals surface area contributed by atoms with Crippen molar-refractivity contribution in [3.05, 3.63) is 22.4 Å². The average molecular weight is 159 g/mol. The Hall–Kier alpha value is -1.39. The molecule has 0 fully saturated rings. The third-order valence-electron chi connectivity index (χ3n) is 0.989. The molecule has 0 amide bonds. The van der Waals surface area contributed by atoms with E-state index in [1.54, 1.807) is 0 Å². The number of carboxylic acids is 1. The van der Waals surface area contributed by atoms with Crippen LogP contribution in [0.2, 0.25) is 0 Å². The van der Waals surface area contributed by atoms with E-state index in [4.69, 9.17) is 5.11 Å². The lowest BCUT2D eigenvalue weighted by atomic mass is 10.2. The van der Waals surface area contributed by atoms with Crippen molar-refractivity contribution in [2.45, 2.75) is 19.3 Å². The number of hydrogen-bond donors (Lipinski definition) is 1. The number of nitro groups is 1. The van der Waals surface area contributed by atoms with Gasteiger partial charge in [-0.25, -0.2) is 0 Å². The van der Waals surface area contributed by atoms with Gasteiger partial charge in [0, 0.05) is 6.42 Å². The fourth-order valence-electron chi connectivity index (χ4n) is 0.532. The summed E-state index contributed by atoms with van der Waals surface area (Å²) in [6.07, 6.45) is 3.11. The first-order chi connectivity index (χ1) is 5.13. The predicted octanol–water partition coefficient (Wildman–Crippen LogP) is 1.03. The van der Waals surface area contributed by atoms with Gasteiger partial charge in [-0.15, -0.1) is 0 Å². The Balaban J connectivity index is 3.27. The van der Waals surface area contributed by atoms with Crippen LogP contribution in [0.25, 0.3) is 0 Å². The molecule has 62 valence electrons. The first-order valence-electron chi connectivity index (χ1n) is 3.15. The molecule has 0 aromatic carbocycles. The van der Waals surface area contributed by atoms with Gasteiger partial charge in [-0.3, -0.25) is 14.9 Å². The van der Waals surface area contributed by atoms with E-state index in [0.717, 1.165) is 6.20 Å². The average Bonchev–Trinajstić information content (AvgIpc) is 1.85. The molecule has 0 aromatic rings. The van der Waals surface area contributed by atoms with Crippen LogP contribution in [0.3, 0.4) is 0 Å². The molecule has 0 aliphatic rings. The van der Waals surface area contributed by atoms with Crippen LogP contribution in [0, 0.1) is 10.1 Å². The second-order valence-corrected chi connectivity index (χ2v) is 1.96. The van der Waals surface area contributed by atoms with Crippen LogP contribution in [0.4, 0.5) is 0 Å². The molecule has 11 heavy (non-hydrogen) atoms. The minimum atomic E-state index is -0.875. The lowest BCUT2D eigenvalue weighted by Gasteiger charge is -1.87. The molecule has 0 aliphatic heterocycles. The van der Waals surface area contributed by atoms with Gasteiger partial charge in [0.1, 0.15) is 0 Å². The van der Waals surface area contributed by atoms with Crippen LogP contribution in [-0.4, -0.2) is 16.0 Å². The number of rotatable bonds is 5. The zero-order valence-corrected chi connectivity index (χ0v) is 5.90. The molecule has 0 saturated heterocycles. The summed E-state index contributed by atoms with van der Waals surface area (Å²) in [5.41, 5.74) is 0. The Kier molecular flexibility index (Phi) is 4.72. The minimum Gasteiger partial charge on any atom is -0.481 e. The summed E-state index contributed by atoms with van der Waals surface area (Å²) in [6.45, 7) is 0. The van der Waals surface area contributed by atoms with E-state index < -0.39 is 10.9 Å². The summed E-state index contributed by atoms with van der Waals surface area (Å²) in [5.74, 6) is -0.875. The van der Waals surface area contributed by atoms with E-state index in [1.807, 2.05) is 0 Å². The third kappa shape index (κ3) is 8.61. The zero-order chi connectivity index (χ0) is 8.69. The normalized spacial score (nSPS) is 10.2. The molecule has 0 radical (unpaired) electrons. The molecule has 1 N–H and O–H groups in total. The Morgan fingerprint density at radius 3 is 2.73 bits per heavy atom. The summed E-state index contributed by atoms with van der Waals surface area (Å²) in [6, 6.07) is 0. The van der Waals surface area contributed by atoms with Crippen molar-refractivity contribution in [2.75, 3.05) is 0 Å². The standard InChI is InChI=1S/C6H9NO4/c8-6(9)4-2-1-3-5-7(10)11/h3,5H,1-2,4H2,(H,8,9). The van der Waals surface area contributed by atoms with Crippen LogP contribution in [0.5, 0.6) is 0 Å². The lowest BCUT2D eigenvalue weighted by Crippen LogP contribution is -1.92. The van der Waals surface area contributed by atoms with Crippen molar-refractivity contribution < 1.29 is 14.8 Å². The highest BCUT2D eigenvalue weighted by atomic mass is 16.6. The Bertz CT molecular complexity index is 175. The number of unbranched alkanes of at least 4 members (excludes halogenated alkanes) is 1. The summed E-state index contributed by atoms with van der Waals surface area (Å²) in [7, 11) is 0. The van der Waals surface area contributed by atoms with E-state index in [9.17, 15) is 14.9 Å². The van der Waals surface area contributed by atoms with E-state index in [0.29, 0.717) is 12.8 Å². The molecule has 5 nitrogen and oxygen atoms in total. The van der Waals surface area contributed by atoms with Gasteiger partial charge in [0.2, 0.25) is 6.20 Å². The molecule has 0 heterocycles.